The van der Waals surface area contributed by atoms with Crippen molar-refractivity contribution in [2.45, 2.75) is 13.5 Å². The summed E-state index contributed by atoms with van der Waals surface area (Å²) >= 11 is 6.14. The maximum Gasteiger partial charge on any atom is 0.338 e. The molecule has 0 radical (unpaired) electrons. The predicted octanol–water partition coefficient (Wildman–Crippen LogP) is 3.80. The van der Waals surface area contributed by atoms with Crippen molar-refractivity contribution < 1.29 is 14.3 Å². The Morgan fingerprint density at radius 2 is 1.79 bits per heavy atom. The van der Waals surface area contributed by atoms with Gasteiger partial charge in [-0.3, -0.25) is 4.79 Å². The molecule has 1 aromatic heterocycles. The molecule has 0 saturated heterocycles. The second-order valence-electron chi connectivity index (χ2n) is 5.99. The zero-order valence-electron chi connectivity index (χ0n) is 15.5. The summed E-state index contributed by atoms with van der Waals surface area (Å²) in [4.78, 5) is 28.9. The first-order chi connectivity index (χ1) is 13.5. The summed E-state index contributed by atoms with van der Waals surface area (Å²) in [7, 11) is 1.60. The minimum atomic E-state index is -0.412. The molecule has 28 heavy (non-hydrogen) atoms. The van der Waals surface area contributed by atoms with Crippen LogP contribution in [-0.2, 0) is 11.3 Å². The molecular weight excluding hydrogens is 380 g/mol. The molecule has 0 amide bonds. The van der Waals surface area contributed by atoms with E-state index < -0.39 is 5.97 Å². The van der Waals surface area contributed by atoms with Crippen LogP contribution in [0.1, 0.15) is 22.8 Å². The van der Waals surface area contributed by atoms with E-state index in [1.807, 2.05) is 24.3 Å². The van der Waals surface area contributed by atoms with E-state index in [0.717, 1.165) is 11.3 Å². The third-order valence-corrected chi connectivity index (χ3v) is 4.31. The summed E-state index contributed by atoms with van der Waals surface area (Å²) in [5, 5.41) is 0.206. The van der Waals surface area contributed by atoms with Gasteiger partial charge in [-0.2, -0.15) is 0 Å². The van der Waals surface area contributed by atoms with E-state index in [1.54, 1.807) is 38.3 Å². The lowest BCUT2D eigenvalue weighted by Crippen LogP contribution is -2.23. The maximum atomic E-state index is 12.9. The molecule has 0 N–H and O–H groups in total. The Labute approximate surface area is 167 Å². The Bertz CT molecular complexity index is 1030. The lowest BCUT2D eigenvalue weighted by Gasteiger charge is -2.10. The van der Waals surface area contributed by atoms with Crippen LogP contribution in [0.4, 0.5) is 0 Å². The highest BCUT2D eigenvalue weighted by Gasteiger charge is 2.13. The number of rotatable bonds is 6. The number of methoxy groups -OCH3 is 1. The summed E-state index contributed by atoms with van der Waals surface area (Å²) in [6, 6.07) is 13.9. The number of carbonyl (C=O) groups excluding carboxylic acids is 1. The Balaban J connectivity index is 1.92. The highest BCUT2D eigenvalue weighted by molar-refractivity contribution is 6.29. The highest BCUT2D eigenvalue weighted by Crippen LogP contribution is 2.18. The van der Waals surface area contributed by atoms with E-state index >= 15 is 0 Å². The fourth-order valence-corrected chi connectivity index (χ4v) is 2.92. The van der Waals surface area contributed by atoms with Gasteiger partial charge < -0.3 is 14.0 Å². The van der Waals surface area contributed by atoms with Gasteiger partial charge in [0.05, 0.1) is 25.8 Å². The van der Waals surface area contributed by atoms with Crippen LogP contribution in [0.15, 0.2) is 59.5 Å². The molecule has 0 atom stereocenters. The number of hydrogen-bond acceptors (Lipinski definition) is 5. The molecule has 1 heterocycles. The molecule has 0 bridgehead atoms. The van der Waals surface area contributed by atoms with Gasteiger partial charge in [0.2, 0.25) is 0 Å². The summed E-state index contributed by atoms with van der Waals surface area (Å²) in [5.41, 5.74) is 1.85. The average Bonchev–Trinajstić information content (AvgIpc) is 2.71. The molecule has 3 rings (SSSR count). The van der Waals surface area contributed by atoms with Gasteiger partial charge in [0.15, 0.2) is 0 Å². The Morgan fingerprint density at radius 1 is 1.11 bits per heavy atom. The van der Waals surface area contributed by atoms with Gasteiger partial charge in [0.1, 0.15) is 16.6 Å². The number of hydrogen-bond donors (Lipinski definition) is 0. The molecule has 0 aliphatic rings. The van der Waals surface area contributed by atoms with Crippen molar-refractivity contribution in [2.75, 3.05) is 13.7 Å². The van der Waals surface area contributed by atoms with Crippen LogP contribution in [0, 0.1) is 0 Å². The summed E-state index contributed by atoms with van der Waals surface area (Å²) in [5.74, 6) is 0.330. The molecular formula is C21H19ClN2O4. The molecule has 0 aliphatic carbocycles. The van der Waals surface area contributed by atoms with Crippen molar-refractivity contribution in [3.05, 3.63) is 81.4 Å². The third kappa shape index (κ3) is 4.40. The van der Waals surface area contributed by atoms with Gasteiger partial charge in [-0.25, -0.2) is 9.78 Å². The third-order valence-electron chi connectivity index (χ3n) is 4.13. The maximum absolute atomic E-state index is 12.9. The molecule has 144 valence electrons. The smallest absolute Gasteiger partial charge is 0.338 e. The first-order valence-electron chi connectivity index (χ1n) is 8.69. The van der Waals surface area contributed by atoms with E-state index in [4.69, 9.17) is 21.1 Å². The Hall–Kier alpha value is -3.12. The van der Waals surface area contributed by atoms with Crippen molar-refractivity contribution in [2.24, 2.45) is 0 Å². The monoisotopic (exact) mass is 398 g/mol. The van der Waals surface area contributed by atoms with Crippen LogP contribution in [0.3, 0.4) is 0 Å². The minimum Gasteiger partial charge on any atom is -0.497 e. The van der Waals surface area contributed by atoms with Gasteiger partial charge in [-0.1, -0.05) is 35.9 Å². The Kier molecular flexibility index (Phi) is 6.11. The van der Waals surface area contributed by atoms with E-state index in [9.17, 15) is 9.59 Å². The normalized spacial score (nSPS) is 10.5. The first kappa shape index (κ1) is 19.6. The van der Waals surface area contributed by atoms with Crippen molar-refractivity contribution in [3.8, 4) is 17.0 Å². The fourth-order valence-electron chi connectivity index (χ4n) is 2.72. The van der Waals surface area contributed by atoms with Gasteiger partial charge >= 0.3 is 5.97 Å². The lowest BCUT2D eigenvalue weighted by molar-refractivity contribution is 0.0526. The average molecular weight is 399 g/mol. The molecule has 7 heteroatoms. The zero-order chi connectivity index (χ0) is 20.1. The van der Waals surface area contributed by atoms with Crippen LogP contribution < -0.4 is 10.3 Å². The van der Waals surface area contributed by atoms with E-state index in [0.29, 0.717) is 24.3 Å². The van der Waals surface area contributed by atoms with Crippen molar-refractivity contribution >= 4 is 17.6 Å². The first-order valence-corrected chi connectivity index (χ1v) is 9.07. The quantitative estimate of drug-likeness (QED) is 0.591. The van der Waals surface area contributed by atoms with Crippen LogP contribution in [0.5, 0.6) is 5.75 Å². The van der Waals surface area contributed by atoms with Crippen LogP contribution in [-0.4, -0.2) is 29.2 Å². The summed E-state index contributed by atoms with van der Waals surface area (Å²) in [6.45, 7) is 2.39. The SMILES string of the molecule is CCOC(=O)c1ccc(-c2nc(Cl)cn(Cc3ccc(OC)cc3)c2=O)cc1. The molecule has 6 nitrogen and oxygen atoms in total. The zero-order valence-corrected chi connectivity index (χ0v) is 16.3. The number of nitrogens with zero attached hydrogens (tertiary/aromatic N) is 2. The minimum absolute atomic E-state index is 0.206. The van der Waals surface area contributed by atoms with Crippen LogP contribution in [0.2, 0.25) is 5.15 Å². The van der Waals surface area contributed by atoms with Gasteiger partial charge in [0.25, 0.3) is 5.56 Å². The number of aromatic nitrogens is 2. The van der Waals surface area contributed by atoms with Crippen LogP contribution in [0.25, 0.3) is 11.3 Å². The highest BCUT2D eigenvalue weighted by atomic mass is 35.5. The molecule has 0 fully saturated rings. The second-order valence-corrected chi connectivity index (χ2v) is 6.38. The lowest BCUT2D eigenvalue weighted by atomic mass is 10.1. The van der Waals surface area contributed by atoms with Crippen molar-refractivity contribution in [3.63, 3.8) is 0 Å². The standard InChI is InChI=1S/C21H19ClN2O4/c1-3-28-21(26)16-8-6-15(7-9-16)19-20(25)24(13-18(22)23-19)12-14-4-10-17(27-2)11-5-14/h4-11,13H,3,12H2,1-2H3. The molecule has 2 aromatic carbocycles. The summed E-state index contributed by atoms with van der Waals surface area (Å²) in [6.07, 6.45) is 1.50. The van der Waals surface area contributed by atoms with E-state index in [1.165, 1.54) is 10.8 Å². The van der Waals surface area contributed by atoms with Gasteiger partial charge in [-0.15, -0.1) is 0 Å². The van der Waals surface area contributed by atoms with Crippen molar-refractivity contribution in [1.29, 1.82) is 0 Å². The number of esters is 1. The van der Waals surface area contributed by atoms with Crippen LogP contribution >= 0.6 is 11.6 Å². The van der Waals surface area contributed by atoms with Gasteiger partial charge in [-0.05, 0) is 36.8 Å². The molecule has 0 saturated carbocycles. The Morgan fingerprint density at radius 3 is 2.39 bits per heavy atom. The molecule has 0 unspecified atom stereocenters. The fraction of sp³-hybridized carbons (Fsp3) is 0.190. The number of benzene rings is 2. The molecule has 0 aliphatic heterocycles. The number of ether oxygens (including phenoxy) is 2. The molecule has 3 aromatic rings. The number of halogens is 1. The predicted molar refractivity (Wildman–Crippen MR) is 107 cm³/mol. The van der Waals surface area contributed by atoms with Gasteiger partial charge in [0, 0.05) is 11.8 Å². The van der Waals surface area contributed by atoms with E-state index in [-0.39, 0.29) is 16.4 Å². The largest absolute Gasteiger partial charge is 0.497 e. The second kappa shape index (κ2) is 8.71. The number of carbonyl (C=O) groups is 1. The topological polar surface area (TPSA) is 70.4 Å². The molecule has 0 spiro atoms. The summed E-state index contributed by atoms with van der Waals surface area (Å²) < 4.78 is 11.6. The van der Waals surface area contributed by atoms with E-state index in [2.05, 4.69) is 4.98 Å². The van der Waals surface area contributed by atoms with Crippen molar-refractivity contribution in [1.82, 2.24) is 9.55 Å².